The number of rotatable bonds is 4. The molecule has 0 fully saturated rings. The van der Waals surface area contributed by atoms with Crippen LogP contribution < -0.4 is 4.74 Å². The number of nitro groups is 1. The van der Waals surface area contributed by atoms with E-state index in [1.807, 2.05) is 0 Å². The maximum atomic E-state index is 13.6. The van der Waals surface area contributed by atoms with Crippen molar-refractivity contribution >= 4 is 5.69 Å². The van der Waals surface area contributed by atoms with E-state index in [-0.39, 0.29) is 17.3 Å². The number of non-ortho nitro benzene ring substituents is 1. The molecule has 0 saturated carbocycles. The number of nitro benzene ring substituents is 1. The Balaban J connectivity index is 2.26. The predicted molar refractivity (Wildman–Crippen MR) is 68.0 cm³/mol. The molecule has 0 aliphatic carbocycles. The summed E-state index contributed by atoms with van der Waals surface area (Å²) in [6, 6.07) is 6.13. The van der Waals surface area contributed by atoms with Gasteiger partial charge in [-0.05, 0) is 24.6 Å². The van der Waals surface area contributed by atoms with E-state index < -0.39 is 16.8 Å². The van der Waals surface area contributed by atoms with Crippen LogP contribution in [0.15, 0.2) is 36.5 Å². The molecule has 0 amide bonds. The highest BCUT2D eigenvalue weighted by molar-refractivity contribution is 5.39. The number of aliphatic hydroxyl groups is 1. The molecular formula is C13H11FN2O4. The molecule has 0 spiro atoms. The third-order valence-corrected chi connectivity index (χ3v) is 2.58. The van der Waals surface area contributed by atoms with Crippen molar-refractivity contribution in [1.29, 1.82) is 0 Å². The fourth-order valence-electron chi connectivity index (χ4n) is 1.54. The maximum Gasteiger partial charge on any atom is 0.272 e. The van der Waals surface area contributed by atoms with Crippen molar-refractivity contribution < 1.29 is 19.2 Å². The van der Waals surface area contributed by atoms with Crippen molar-refractivity contribution in [2.45, 2.75) is 13.0 Å². The molecule has 1 atom stereocenters. The second kappa shape index (κ2) is 5.62. The average molecular weight is 278 g/mol. The zero-order chi connectivity index (χ0) is 14.7. The normalized spacial score (nSPS) is 11.9. The predicted octanol–water partition coefficient (Wildman–Crippen LogP) is 2.97. The molecule has 0 bridgehead atoms. The van der Waals surface area contributed by atoms with Gasteiger partial charge in [0.25, 0.3) is 5.69 Å². The van der Waals surface area contributed by atoms with E-state index in [0.717, 1.165) is 18.2 Å². The van der Waals surface area contributed by atoms with Crippen LogP contribution in [0.1, 0.15) is 18.6 Å². The van der Waals surface area contributed by atoms with Gasteiger partial charge in [-0.25, -0.2) is 9.37 Å². The van der Waals surface area contributed by atoms with Gasteiger partial charge in [-0.15, -0.1) is 0 Å². The molecule has 1 heterocycles. The molecule has 7 heteroatoms. The molecule has 0 saturated heterocycles. The molecular weight excluding hydrogens is 267 g/mol. The van der Waals surface area contributed by atoms with E-state index >= 15 is 0 Å². The van der Waals surface area contributed by atoms with Crippen molar-refractivity contribution in [2.24, 2.45) is 0 Å². The molecule has 2 aromatic rings. The molecule has 1 aromatic heterocycles. The van der Waals surface area contributed by atoms with Crippen LogP contribution >= 0.6 is 0 Å². The third kappa shape index (κ3) is 3.07. The second-order valence-electron chi connectivity index (χ2n) is 4.08. The van der Waals surface area contributed by atoms with E-state index in [1.54, 1.807) is 13.0 Å². The molecule has 20 heavy (non-hydrogen) atoms. The van der Waals surface area contributed by atoms with Crippen molar-refractivity contribution in [3.8, 4) is 11.6 Å². The fourth-order valence-corrected chi connectivity index (χ4v) is 1.54. The quantitative estimate of drug-likeness (QED) is 0.686. The molecule has 0 aliphatic rings. The molecule has 1 aromatic carbocycles. The van der Waals surface area contributed by atoms with E-state index in [4.69, 9.17) is 4.74 Å². The van der Waals surface area contributed by atoms with Gasteiger partial charge in [0, 0.05) is 18.3 Å². The second-order valence-corrected chi connectivity index (χ2v) is 4.08. The molecule has 0 unspecified atom stereocenters. The monoisotopic (exact) mass is 278 g/mol. The van der Waals surface area contributed by atoms with Crippen LogP contribution in [0.3, 0.4) is 0 Å². The fraction of sp³-hybridized carbons (Fsp3) is 0.154. The van der Waals surface area contributed by atoms with Crippen LogP contribution in [0, 0.1) is 15.9 Å². The summed E-state index contributed by atoms with van der Waals surface area (Å²) < 4.78 is 18.9. The minimum atomic E-state index is -0.858. The first kappa shape index (κ1) is 13.9. The highest BCUT2D eigenvalue weighted by Gasteiger charge is 2.13. The highest BCUT2D eigenvalue weighted by Crippen LogP contribution is 2.27. The molecule has 1 N–H and O–H groups in total. The summed E-state index contributed by atoms with van der Waals surface area (Å²) in [5.41, 5.74) is 0.206. The van der Waals surface area contributed by atoms with Crippen molar-refractivity contribution in [1.82, 2.24) is 4.98 Å². The number of hydrogen-bond donors (Lipinski definition) is 1. The molecule has 2 rings (SSSR count). The number of aromatic nitrogens is 1. The molecule has 104 valence electrons. The number of hydrogen-bond acceptors (Lipinski definition) is 5. The Morgan fingerprint density at radius 2 is 2.15 bits per heavy atom. The van der Waals surface area contributed by atoms with Crippen molar-refractivity contribution in [2.75, 3.05) is 0 Å². The number of ether oxygens (including phenoxy) is 1. The van der Waals surface area contributed by atoms with Crippen LogP contribution in [-0.2, 0) is 0 Å². The summed E-state index contributed by atoms with van der Waals surface area (Å²) in [6.07, 6.45) is 0.711. The Labute approximate surface area is 113 Å². The Morgan fingerprint density at radius 1 is 1.40 bits per heavy atom. The Morgan fingerprint density at radius 3 is 2.75 bits per heavy atom. The van der Waals surface area contributed by atoms with E-state index in [1.165, 1.54) is 12.3 Å². The van der Waals surface area contributed by atoms with E-state index in [2.05, 4.69) is 4.98 Å². The largest absolute Gasteiger partial charge is 0.436 e. The standard InChI is InChI=1S/C13H11FN2O4/c1-8(17)9-4-5-15-13(6-9)20-12-3-2-10(16(18)19)7-11(12)14/h2-8,17H,1H3/t8-/m0/s1. The lowest BCUT2D eigenvalue weighted by molar-refractivity contribution is -0.385. The summed E-state index contributed by atoms with van der Waals surface area (Å²) >= 11 is 0. The SMILES string of the molecule is C[C@H](O)c1ccnc(Oc2ccc([N+](=O)[O-])cc2F)c1. The Kier molecular flexibility index (Phi) is 3.90. The van der Waals surface area contributed by atoms with Gasteiger partial charge in [-0.2, -0.15) is 0 Å². The average Bonchev–Trinajstić information content (AvgIpc) is 2.41. The third-order valence-electron chi connectivity index (χ3n) is 2.58. The minimum absolute atomic E-state index is 0.0937. The lowest BCUT2D eigenvalue weighted by atomic mass is 10.2. The summed E-state index contributed by atoms with van der Waals surface area (Å²) in [5, 5.41) is 19.9. The Bertz CT molecular complexity index is 646. The van der Waals surface area contributed by atoms with Gasteiger partial charge >= 0.3 is 0 Å². The highest BCUT2D eigenvalue weighted by atomic mass is 19.1. The van der Waals surface area contributed by atoms with Crippen LogP contribution in [0.5, 0.6) is 11.6 Å². The van der Waals surface area contributed by atoms with Crippen molar-refractivity contribution in [3.63, 3.8) is 0 Å². The number of halogens is 1. The van der Waals surface area contributed by atoms with Gasteiger partial charge in [-0.1, -0.05) is 0 Å². The number of nitrogens with zero attached hydrogens (tertiary/aromatic N) is 2. The van der Waals surface area contributed by atoms with Crippen LogP contribution in [-0.4, -0.2) is 15.0 Å². The lowest BCUT2D eigenvalue weighted by Crippen LogP contribution is -1.96. The van der Waals surface area contributed by atoms with Crippen LogP contribution in [0.2, 0.25) is 0 Å². The van der Waals surface area contributed by atoms with Gasteiger partial charge < -0.3 is 9.84 Å². The van der Waals surface area contributed by atoms with E-state index in [9.17, 15) is 19.6 Å². The number of benzene rings is 1. The Hall–Kier alpha value is -2.54. The topological polar surface area (TPSA) is 85.5 Å². The summed E-state index contributed by atoms with van der Waals surface area (Å²) in [4.78, 5) is 13.7. The minimum Gasteiger partial charge on any atom is -0.436 e. The first-order valence-electron chi connectivity index (χ1n) is 5.73. The van der Waals surface area contributed by atoms with Gasteiger partial charge in [0.2, 0.25) is 5.88 Å². The summed E-state index contributed by atoms with van der Waals surface area (Å²) in [7, 11) is 0. The first-order chi connectivity index (χ1) is 9.47. The van der Waals surface area contributed by atoms with Gasteiger partial charge in [-0.3, -0.25) is 10.1 Å². The van der Waals surface area contributed by atoms with Crippen molar-refractivity contribution in [3.05, 3.63) is 58.0 Å². The maximum absolute atomic E-state index is 13.6. The van der Waals surface area contributed by atoms with Gasteiger partial charge in [0.1, 0.15) is 0 Å². The van der Waals surface area contributed by atoms with Crippen LogP contribution in [0.25, 0.3) is 0 Å². The number of aliphatic hydroxyl groups excluding tert-OH is 1. The molecule has 0 aliphatic heterocycles. The van der Waals surface area contributed by atoms with E-state index in [0.29, 0.717) is 5.56 Å². The number of pyridine rings is 1. The zero-order valence-corrected chi connectivity index (χ0v) is 10.5. The summed E-state index contributed by atoms with van der Waals surface area (Å²) in [5.74, 6) is -0.939. The lowest BCUT2D eigenvalue weighted by Gasteiger charge is -2.08. The molecule has 6 nitrogen and oxygen atoms in total. The van der Waals surface area contributed by atoms with Gasteiger partial charge in [0.15, 0.2) is 11.6 Å². The molecule has 0 radical (unpaired) electrons. The first-order valence-corrected chi connectivity index (χ1v) is 5.73. The summed E-state index contributed by atoms with van der Waals surface area (Å²) in [6.45, 7) is 1.57. The smallest absolute Gasteiger partial charge is 0.272 e. The van der Waals surface area contributed by atoms with Gasteiger partial charge in [0.05, 0.1) is 17.1 Å². The van der Waals surface area contributed by atoms with Crippen LogP contribution in [0.4, 0.5) is 10.1 Å². The zero-order valence-electron chi connectivity index (χ0n) is 10.5.